The van der Waals surface area contributed by atoms with E-state index in [2.05, 4.69) is 49.5 Å². The molecule has 1 saturated carbocycles. The fourth-order valence-corrected chi connectivity index (χ4v) is 3.68. The number of benzene rings is 1. The predicted molar refractivity (Wildman–Crippen MR) is 88.1 cm³/mol. The van der Waals surface area contributed by atoms with Crippen LogP contribution in [0, 0.1) is 5.92 Å². The molecule has 0 aliphatic heterocycles. The van der Waals surface area contributed by atoms with Crippen LogP contribution in [0.5, 0.6) is 0 Å². The van der Waals surface area contributed by atoms with E-state index in [1.165, 1.54) is 51.5 Å². The fraction of sp³-hybridized carbons (Fsp3) is 0.684. The van der Waals surface area contributed by atoms with Gasteiger partial charge in [-0.2, -0.15) is 0 Å². The summed E-state index contributed by atoms with van der Waals surface area (Å²) in [6, 6.07) is 11.9. The van der Waals surface area contributed by atoms with E-state index in [0.29, 0.717) is 0 Å². The summed E-state index contributed by atoms with van der Waals surface area (Å²) in [5, 5.41) is 3.80. The first-order valence-corrected chi connectivity index (χ1v) is 8.63. The zero-order chi connectivity index (χ0) is 14.2. The molecule has 3 unspecified atom stereocenters. The Morgan fingerprint density at radius 3 is 2.55 bits per heavy atom. The fourth-order valence-electron chi connectivity index (χ4n) is 3.68. The average molecular weight is 273 g/mol. The summed E-state index contributed by atoms with van der Waals surface area (Å²) >= 11 is 0. The van der Waals surface area contributed by atoms with Gasteiger partial charge in [0.05, 0.1) is 0 Å². The summed E-state index contributed by atoms with van der Waals surface area (Å²) in [5.41, 5.74) is 1.56. The van der Waals surface area contributed by atoms with Crippen molar-refractivity contribution in [2.75, 3.05) is 6.54 Å². The van der Waals surface area contributed by atoms with Crippen LogP contribution in [0.15, 0.2) is 30.3 Å². The van der Waals surface area contributed by atoms with Gasteiger partial charge in [0.2, 0.25) is 0 Å². The minimum absolute atomic E-state index is 0.765. The Balaban J connectivity index is 1.97. The number of rotatable bonds is 7. The van der Waals surface area contributed by atoms with E-state index in [1.807, 2.05) is 0 Å². The molecular formula is C19H31N. The summed E-state index contributed by atoms with van der Waals surface area (Å²) in [4.78, 5) is 0. The zero-order valence-corrected chi connectivity index (χ0v) is 13.3. The predicted octanol–water partition coefficient (Wildman–Crippen LogP) is 5.13. The standard InChI is InChI=1S/C19H31N/c1-3-5-9-18-15-17(16-10-7-6-8-11-16)12-13-19(18)20-14-4-2/h6-8,10-11,17-20H,3-5,9,12-15H2,1-2H3. The maximum atomic E-state index is 3.80. The van der Waals surface area contributed by atoms with Gasteiger partial charge >= 0.3 is 0 Å². The summed E-state index contributed by atoms with van der Waals surface area (Å²) in [6.45, 7) is 5.76. The van der Waals surface area contributed by atoms with Gasteiger partial charge in [-0.1, -0.05) is 57.0 Å². The molecule has 1 aliphatic carbocycles. The molecule has 0 saturated heterocycles. The van der Waals surface area contributed by atoms with Gasteiger partial charge in [0.1, 0.15) is 0 Å². The van der Waals surface area contributed by atoms with Crippen LogP contribution in [0.1, 0.15) is 70.3 Å². The molecule has 0 amide bonds. The lowest BCUT2D eigenvalue weighted by molar-refractivity contribution is 0.224. The number of hydrogen-bond acceptors (Lipinski definition) is 1. The second-order valence-electron chi connectivity index (χ2n) is 6.38. The lowest BCUT2D eigenvalue weighted by atomic mass is 9.73. The molecule has 1 aromatic carbocycles. The highest BCUT2D eigenvalue weighted by Crippen LogP contribution is 2.38. The molecule has 3 atom stereocenters. The van der Waals surface area contributed by atoms with Gasteiger partial charge in [-0.3, -0.25) is 0 Å². The maximum absolute atomic E-state index is 3.80. The Bertz CT molecular complexity index is 359. The Labute approximate surface area is 125 Å². The molecule has 0 spiro atoms. The molecule has 1 aromatic rings. The van der Waals surface area contributed by atoms with Crippen molar-refractivity contribution in [1.29, 1.82) is 0 Å². The number of hydrogen-bond donors (Lipinski definition) is 1. The van der Waals surface area contributed by atoms with Crippen molar-refractivity contribution in [3.05, 3.63) is 35.9 Å². The molecule has 0 bridgehead atoms. The second-order valence-corrected chi connectivity index (χ2v) is 6.38. The van der Waals surface area contributed by atoms with Gasteiger partial charge in [0, 0.05) is 6.04 Å². The summed E-state index contributed by atoms with van der Waals surface area (Å²) in [7, 11) is 0. The first-order chi connectivity index (χ1) is 9.85. The third-order valence-electron chi connectivity index (χ3n) is 4.84. The molecule has 1 N–H and O–H groups in total. The Morgan fingerprint density at radius 1 is 1.05 bits per heavy atom. The van der Waals surface area contributed by atoms with E-state index in [1.54, 1.807) is 5.56 Å². The van der Waals surface area contributed by atoms with E-state index in [-0.39, 0.29) is 0 Å². The van der Waals surface area contributed by atoms with Crippen molar-refractivity contribution in [3.63, 3.8) is 0 Å². The molecule has 0 radical (unpaired) electrons. The van der Waals surface area contributed by atoms with E-state index >= 15 is 0 Å². The van der Waals surface area contributed by atoms with Gasteiger partial charge in [-0.15, -0.1) is 0 Å². The van der Waals surface area contributed by atoms with E-state index in [0.717, 1.165) is 17.9 Å². The molecule has 112 valence electrons. The van der Waals surface area contributed by atoms with Crippen molar-refractivity contribution < 1.29 is 0 Å². The van der Waals surface area contributed by atoms with Crippen LogP contribution in [0.4, 0.5) is 0 Å². The summed E-state index contributed by atoms with van der Waals surface area (Å²) in [5.74, 6) is 1.66. The van der Waals surface area contributed by atoms with Crippen LogP contribution in [0.3, 0.4) is 0 Å². The minimum Gasteiger partial charge on any atom is -0.314 e. The highest BCUT2D eigenvalue weighted by atomic mass is 14.9. The lowest BCUT2D eigenvalue weighted by Gasteiger charge is -2.37. The van der Waals surface area contributed by atoms with Crippen LogP contribution >= 0.6 is 0 Å². The SMILES string of the molecule is CCCCC1CC(c2ccccc2)CCC1NCCC. The third-order valence-corrected chi connectivity index (χ3v) is 4.84. The normalized spacial score (nSPS) is 26.6. The van der Waals surface area contributed by atoms with Gasteiger partial charge < -0.3 is 5.32 Å². The van der Waals surface area contributed by atoms with E-state index in [4.69, 9.17) is 0 Å². The highest BCUT2D eigenvalue weighted by molar-refractivity contribution is 5.20. The highest BCUT2D eigenvalue weighted by Gasteiger charge is 2.30. The Hall–Kier alpha value is -0.820. The van der Waals surface area contributed by atoms with Crippen LogP contribution < -0.4 is 5.32 Å². The van der Waals surface area contributed by atoms with Gasteiger partial charge in [0.25, 0.3) is 0 Å². The first-order valence-electron chi connectivity index (χ1n) is 8.63. The van der Waals surface area contributed by atoms with Crippen LogP contribution in [-0.2, 0) is 0 Å². The van der Waals surface area contributed by atoms with Crippen LogP contribution in [0.2, 0.25) is 0 Å². The van der Waals surface area contributed by atoms with Crippen molar-refractivity contribution >= 4 is 0 Å². The first kappa shape index (κ1) is 15.6. The second kappa shape index (κ2) is 8.46. The summed E-state index contributed by atoms with van der Waals surface area (Å²) in [6.07, 6.45) is 9.46. The Morgan fingerprint density at radius 2 is 1.85 bits per heavy atom. The van der Waals surface area contributed by atoms with Crippen molar-refractivity contribution in [3.8, 4) is 0 Å². The molecule has 1 aliphatic rings. The number of nitrogens with one attached hydrogen (secondary N) is 1. The molecule has 0 aromatic heterocycles. The topological polar surface area (TPSA) is 12.0 Å². The minimum atomic E-state index is 0.765. The van der Waals surface area contributed by atoms with Gasteiger partial charge in [-0.25, -0.2) is 0 Å². The van der Waals surface area contributed by atoms with Crippen LogP contribution in [-0.4, -0.2) is 12.6 Å². The molecule has 2 rings (SSSR count). The molecule has 20 heavy (non-hydrogen) atoms. The molecule has 1 fully saturated rings. The van der Waals surface area contributed by atoms with Crippen LogP contribution in [0.25, 0.3) is 0 Å². The quantitative estimate of drug-likeness (QED) is 0.726. The monoisotopic (exact) mass is 273 g/mol. The summed E-state index contributed by atoms with van der Waals surface area (Å²) < 4.78 is 0. The van der Waals surface area contributed by atoms with Gasteiger partial charge in [-0.05, 0) is 56.0 Å². The molecular weight excluding hydrogens is 242 g/mol. The lowest BCUT2D eigenvalue weighted by Crippen LogP contribution is -2.40. The zero-order valence-electron chi connectivity index (χ0n) is 13.3. The van der Waals surface area contributed by atoms with Gasteiger partial charge in [0.15, 0.2) is 0 Å². The molecule has 0 heterocycles. The smallest absolute Gasteiger partial charge is 0.00957 e. The number of unbranched alkanes of at least 4 members (excludes halogenated alkanes) is 1. The maximum Gasteiger partial charge on any atom is 0.00957 e. The Kier molecular flexibility index (Phi) is 6.59. The van der Waals surface area contributed by atoms with E-state index in [9.17, 15) is 0 Å². The van der Waals surface area contributed by atoms with Crippen molar-refractivity contribution in [2.24, 2.45) is 5.92 Å². The molecule has 1 heteroatoms. The van der Waals surface area contributed by atoms with E-state index < -0.39 is 0 Å². The average Bonchev–Trinajstić information content (AvgIpc) is 2.52. The van der Waals surface area contributed by atoms with Crippen molar-refractivity contribution in [1.82, 2.24) is 5.32 Å². The third kappa shape index (κ3) is 4.34. The largest absolute Gasteiger partial charge is 0.314 e. The molecule has 1 nitrogen and oxygen atoms in total. The van der Waals surface area contributed by atoms with Crippen molar-refractivity contribution in [2.45, 2.75) is 70.8 Å².